The van der Waals surface area contributed by atoms with Gasteiger partial charge >= 0.3 is 0 Å². The molecule has 0 radical (unpaired) electrons. The highest BCUT2D eigenvalue weighted by molar-refractivity contribution is 7.89. The lowest BCUT2D eigenvalue weighted by molar-refractivity contribution is -0.126. The summed E-state index contributed by atoms with van der Waals surface area (Å²) in [6.07, 6.45) is 2.12. The Morgan fingerprint density at radius 3 is 2.94 bits per heavy atom. The topological polar surface area (TPSA) is 105 Å². The maximum absolute atomic E-state index is 13.3. The molecule has 4 rings (SSSR count). The Morgan fingerprint density at radius 2 is 2.23 bits per heavy atom. The van der Waals surface area contributed by atoms with Crippen LogP contribution in [0, 0.1) is 19.8 Å². The maximum atomic E-state index is 13.3. The summed E-state index contributed by atoms with van der Waals surface area (Å²) in [6.45, 7) is 4.62. The molecule has 4 heterocycles. The second kappa shape index (κ2) is 9.19. The zero-order valence-corrected chi connectivity index (χ0v) is 19.8. The molecule has 1 N–H and O–H groups in total. The third-order valence-corrected chi connectivity index (χ3v) is 9.35. The minimum Gasteiger partial charge on any atom is -0.355 e. The summed E-state index contributed by atoms with van der Waals surface area (Å²) in [5.41, 5.74) is 0. The zero-order valence-electron chi connectivity index (χ0n) is 17.3. The van der Waals surface area contributed by atoms with Crippen LogP contribution in [0.2, 0.25) is 0 Å². The molecule has 166 valence electrons. The van der Waals surface area contributed by atoms with Crippen LogP contribution in [0.4, 0.5) is 0 Å². The van der Waals surface area contributed by atoms with E-state index < -0.39 is 10.0 Å². The molecule has 1 atom stereocenters. The van der Waals surface area contributed by atoms with Gasteiger partial charge < -0.3 is 9.84 Å². The number of nitrogens with zero attached hydrogens (tertiary/aromatic N) is 3. The molecule has 0 saturated carbocycles. The van der Waals surface area contributed by atoms with Crippen LogP contribution in [-0.2, 0) is 21.2 Å². The lowest BCUT2D eigenvalue weighted by atomic mass is 9.99. The average Bonchev–Trinajstić information content (AvgIpc) is 3.49. The molecular weight excluding hydrogens is 456 g/mol. The van der Waals surface area contributed by atoms with Crippen molar-refractivity contribution in [3.8, 4) is 10.7 Å². The Labute approximate surface area is 189 Å². The van der Waals surface area contributed by atoms with Crippen LogP contribution in [0.5, 0.6) is 0 Å². The number of hydrogen-bond acceptors (Lipinski definition) is 8. The highest BCUT2D eigenvalue weighted by Crippen LogP contribution is 2.34. The Balaban J connectivity index is 1.43. The van der Waals surface area contributed by atoms with Crippen LogP contribution in [0.3, 0.4) is 0 Å². The SMILES string of the molecule is Cc1nc(-c2cc(S(=O)(=O)N3CCCC(C(=O)NCCc4cccs4)C3)c(C)s2)no1. The molecule has 1 saturated heterocycles. The molecule has 31 heavy (non-hydrogen) atoms. The Morgan fingerprint density at radius 1 is 1.39 bits per heavy atom. The van der Waals surface area contributed by atoms with Crippen LogP contribution in [0.1, 0.15) is 28.5 Å². The fourth-order valence-electron chi connectivity index (χ4n) is 3.65. The predicted octanol–water partition coefficient (Wildman–Crippen LogP) is 3.24. The molecule has 0 aromatic carbocycles. The number of nitrogens with one attached hydrogen (secondary N) is 1. The van der Waals surface area contributed by atoms with Crippen molar-refractivity contribution in [1.82, 2.24) is 19.8 Å². The van der Waals surface area contributed by atoms with Crippen molar-refractivity contribution in [1.29, 1.82) is 0 Å². The van der Waals surface area contributed by atoms with E-state index in [-0.39, 0.29) is 23.3 Å². The number of aryl methyl sites for hydroxylation is 2. The maximum Gasteiger partial charge on any atom is 0.244 e. The molecule has 8 nitrogen and oxygen atoms in total. The lowest BCUT2D eigenvalue weighted by Crippen LogP contribution is -2.45. The van der Waals surface area contributed by atoms with E-state index in [0.717, 1.165) is 6.42 Å². The number of aromatic nitrogens is 2. The number of carbonyl (C=O) groups excluding carboxylic acids is 1. The van der Waals surface area contributed by atoms with Gasteiger partial charge in [0, 0.05) is 36.3 Å². The van der Waals surface area contributed by atoms with Gasteiger partial charge in [0.25, 0.3) is 0 Å². The van der Waals surface area contributed by atoms with E-state index in [0.29, 0.717) is 47.4 Å². The molecular formula is C20H24N4O4S3. The molecule has 1 unspecified atom stereocenters. The van der Waals surface area contributed by atoms with Crippen molar-refractivity contribution in [2.24, 2.45) is 5.92 Å². The molecule has 1 amide bonds. The molecule has 1 aliphatic heterocycles. The Hall–Kier alpha value is -2.08. The number of thiophene rings is 2. The van der Waals surface area contributed by atoms with Gasteiger partial charge in [-0.3, -0.25) is 4.79 Å². The van der Waals surface area contributed by atoms with Gasteiger partial charge in [-0.1, -0.05) is 11.2 Å². The molecule has 0 spiro atoms. The normalized spacial score (nSPS) is 17.7. The smallest absolute Gasteiger partial charge is 0.244 e. The third kappa shape index (κ3) is 4.89. The first-order chi connectivity index (χ1) is 14.8. The summed E-state index contributed by atoms with van der Waals surface area (Å²) in [5, 5.41) is 8.86. The second-order valence-corrected chi connectivity index (χ2v) is 11.7. The number of carbonyl (C=O) groups is 1. The van der Waals surface area contributed by atoms with E-state index in [2.05, 4.69) is 15.5 Å². The fourth-order valence-corrected chi connectivity index (χ4v) is 7.37. The van der Waals surface area contributed by atoms with Crippen molar-refractivity contribution < 1.29 is 17.7 Å². The van der Waals surface area contributed by atoms with Crippen molar-refractivity contribution in [3.05, 3.63) is 39.2 Å². The van der Waals surface area contributed by atoms with E-state index in [9.17, 15) is 13.2 Å². The zero-order chi connectivity index (χ0) is 22.0. The predicted molar refractivity (Wildman–Crippen MR) is 120 cm³/mol. The van der Waals surface area contributed by atoms with Crippen LogP contribution in [0.15, 0.2) is 33.0 Å². The Bertz CT molecular complexity index is 1150. The van der Waals surface area contributed by atoms with E-state index in [1.54, 1.807) is 31.3 Å². The summed E-state index contributed by atoms with van der Waals surface area (Å²) in [7, 11) is -3.72. The van der Waals surface area contributed by atoms with E-state index >= 15 is 0 Å². The monoisotopic (exact) mass is 480 g/mol. The van der Waals surface area contributed by atoms with E-state index in [1.807, 2.05) is 17.5 Å². The first-order valence-electron chi connectivity index (χ1n) is 10.1. The molecule has 1 aliphatic rings. The van der Waals surface area contributed by atoms with Crippen molar-refractivity contribution >= 4 is 38.6 Å². The Kier molecular flexibility index (Phi) is 6.56. The summed E-state index contributed by atoms with van der Waals surface area (Å²) in [5.74, 6) is 0.384. The van der Waals surface area contributed by atoms with Crippen LogP contribution >= 0.6 is 22.7 Å². The van der Waals surface area contributed by atoms with Crippen molar-refractivity contribution in [2.75, 3.05) is 19.6 Å². The van der Waals surface area contributed by atoms with Crippen LogP contribution in [0.25, 0.3) is 10.7 Å². The number of piperidine rings is 1. The molecule has 1 fully saturated rings. The molecule has 0 aliphatic carbocycles. The van der Waals surface area contributed by atoms with Crippen molar-refractivity contribution in [2.45, 2.75) is 38.0 Å². The van der Waals surface area contributed by atoms with Gasteiger partial charge in [-0.25, -0.2) is 8.42 Å². The highest BCUT2D eigenvalue weighted by atomic mass is 32.2. The van der Waals surface area contributed by atoms with Gasteiger partial charge in [0.15, 0.2) is 0 Å². The van der Waals surface area contributed by atoms with Crippen LogP contribution < -0.4 is 5.32 Å². The lowest BCUT2D eigenvalue weighted by Gasteiger charge is -2.31. The minimum atomic E-state index is -3.72. The average molecular weight is 481 g/mol. The van der Waals surface area contributed by atoms with E-state index in [1.165, 1.54) is 20.5 Å². The van der Waals surface area contributed by atoms with Crippen molar-refractivity contribution in [3.63, 3.8) is 0 Å². The summed E-state index contributed by atoms with van der Waals surface area (Å²) in [6, 6.07) is 5.63. The number of rotatable bonds is 7. The number of sulfonamides is 1. The van der Waals surface area contributed by atoms with E-state index in [4.69, 9.17) is 4.52 Å². The first kappa shape index (κ1) is 22.1. The summed E-state index contributed by atoms with van der Waals surface area (Å²) < 4.78 is 33.1. The fraction of sp³-hybridized carbons (Fsp3) is 0.450. The molecule has 3 aromatic heterocycles. The second-order valence-electron chi connectivity index (χ2n) is 7.49. The molecule has 3 aromatic rings. The van der Waals surface area contributed by atoms with Crippen LogP contribution in [-0.4, -0.2) is 48.4 Å². The molecule has 0 bridgehead atoms. The third-order valence-electron chi connectivity index (χ3n) is 5.24. The van der Waals surface area contributed by atoms with Gasteiger partial charge in [-0.05, 0) is 43.7 Å². The molecule has 11 heteroatoms. The largest absolute Gasteiger partial charge is 0.355 e. The summed E-state index contributed by atoms with van der Waals surface area (Å²) >= 11 is 2.98. The standard InChI is InChI=1S/C20H24N4O4S3/c1-13-18(11-17(30-13)19-22-14(2)28-23-19)31(26,27)24-9-3-5-15(12-24)20(25)21-8-7-16-6-4-10-29-16/h4,6,10-11,15H,3,5,7-9,12H2,1-2H3,(H,21,25). The van der Waals surface area contributed by atoms with Gasteiger partial charge in [0.05, 0.1) is 15.7 Å². The summed E-state index contributed by atoms with van der Waals surface area (Å²) in [4.78, 5) is 19.6. The number of hydrogen-bond donors (Lipinski definition) is 1. The highest BCUT2D eigenvalue weighted by Gasteiger charge is 2.35. The minimum absolute atomic E-state index is 0.0820. The quantitative estimate of drug-likeness (QED) is 0.557. The first-order valence-corrected chi connectivity index (χ1v) is 13.2. The van der Waals surface area contributed by atoms with Gasteiger partial charge in [-0.2, -0.15) is 9.29 Å². The van der Waals surface area contributed by atoms with Gasteiger partial charge in [-0.15, -0.1) is 22.7 Å². The number of amides is 1. The van der Waals surface area contributed by atoms with Gasteiger partial charge in [0.2, 0.25) is 27.6 Å². The van der Waals surface area contributed by atoms with Gasteiger partial charge in [0.1, 0.15) is 0 Å².